The minimum Gasteiger partial charge on any atom is -0.252 e. The van der Waals surface area contributed by atoms with Crippen LogP contribution in [0.5, 0.6) is 0 Å². The van der Waals surface area contributed by atoms with Crippen LogP contribution >= 0.6 is 22.3 Å². The highest BCUT2D eigenvalue weighted by Crippen LogP contribution is 2.32. The molecule has 0 fully saturated rings. The van der Waals surface area contributed by atoms with Gasteiger partial charge >= 0.3 is 0 Å². The predicted octanol–water partition coefficient (Wildman–Crippen LogP) is 3.00. The van der Waals surface area contributed by atoms with Crippen molar-refractivity contribution < 1.29 is 8.42 Å². The standard InChI is InChI=1S/C9H14Cl2N2O2S/c1-4-5-13-9(10)8(16(11,14)15)7(12-13)6(2)3/h6H,4-5H2,1-3H3. The normalized spacial score (nSPS) is 12.4. The van der Waals surface area contributed by atoms with Crippen LogP contribution in [0.3, 0.4) is 0 Å². The lowest BCUT2D eigenvalue weighted by atomic mass is 10.1. The summed E-state index contributed by atoms with van der Waals surface area (Å²) in [4.78, 5) is -0.0562. The molecule has 0 spiro atoms. The molecule has 0 aliphatic carbocycles. The lowest BCUT2D eigenvalue weighted by molar-refractivity contribution is 0.588. The zero-order valence-electron chi connectivity index (χ0n) is 9.37. The van der Waals surface area contributed by atoms with Crippen molar-refractivity contribution in [1.82, 2.24) is 9.78 Å². The fourth-order valence-corrected chi connectivity index (χ4v) is 3.34. The van der Waals surface area contributed by atoms with Crippen molar-refractivity contribution in [2.24, 2.45) is 0 Å². The average Bonchev–Trinajstić information content (AvgIpc) is 2.43. The molecule has 0 unspecified atom stereocenters. The minimum absolute atomic E-state index is 0.0425. The third-order valence-corrected chi connectivity index (χ3v) is 3.95. The zero-order valence-corrected chi connectivity index (χ0v) is 11.7. The second kappa shape index (κ2) is 4.94. The van der Waals surface area contributed by atoms with Crippen molar-refractivity contribution in [3.8, 4) is 0 Å². The van der Waals surface area contributed by atoms with Gasteiger partial charge in [-0.25, -0.2) is 8.42 Å². The second-order valence-electron chi connectivity index (χ2n) is 3.82. The van der Waals surface area contributed by atoms with Gasteiger partial charge in [0, 0.05) is 17.2 Å². The summed E-state index contributed by atoms with van der Waals surface area (Å²) < 4.78 is 24.3. The highest BCUT2D eigenvalue weighted by atomic mass is 35.7. The molecule has 1 aromatic heterocycles. The first kappa shape index (κ1) is 13.8. The minimum atomic E-state index is -3.85. The summed E-state index contributed by atoms with van der Waals surface area (Å²) in [5.74, 6) is -0.0425. The van der Waals surface area contributed by atoms with E-state index in [1.807, 2.05) is 20.8 Å². The van der Waals surface area contributed by atoms with E-state index < -0.39 is 9.05 Å². The molecule has 0 bridgehead atoms. The van der Waals surface area contributed by atoms with Gasteiger partial charge in [-0.2, -0.15) is 5.10 Å². The molecule has 1 aromatic rings. The Morgan fingerprint density at radius 2 is 2.00 bits per heavy atom. The molecule has 0 aromatic carbocycles. The lowest BCUT2D eigenvalue weighted by Crippen LogP contribution is -2.00. The highest BCUT2D eigenvalue weighted by molar-refractivity contribution is 8.13. The van der Waals surface area contributed by atoms with Gasteiger partial charge < -0.3 is 0 Å². The fraction of sp³-hybridized carbons (Fsp3) is 0.667. The molecule has 7 heteroatoms. The number of nitrogens with zero attached hydrogens (tertiary/aromatic N) is 2. The summed E-state index contributed by atoms with van der Waals surface area (Å²) in [6, 6.07) is 0. The predicted molar refractivity (Wildman–Crippen MR) is 64.7 cm³/mol. The maximum Gasteiger partial charge on any atom is 0.266 e. The number of aryl methyl sites for hydroxylation is 1. The molecule has 0 radical (unpaired) electrons. The Bertz CT molecular complexity index is 480. The second-order valence-corrected chi connectivity index (χ2v) is 6.68. The third-order valence-electron chi connectivity index (χ3n) is 2.10. The topological polar surface area (TPSA) is 52.0 Å². The maximum atomic E-state index is 11.4. The SMILES string of the molecule is CCCn1nc(C(C)C)c(S(=O)(=O)Cl)c1Cl. The third kappa shape index (κ3) is 2.70. The molecule has 0 atom stereocenters. The van der Waals surface area contributed by atoms with Gasteiger partial charge in [0.15, 0.2) is 0 Å². The van der Waals surface area contributed by atoms with Gasteiger partial charge in [0.1, 0.15) is 10.0 Å². The molecule has 0 saturated carbocycles. The van der Waals surface area contributed by atoms with Gasteiger partial charge in [-0.1, -0.05) is 32.4 Å². The smallest absolute Gasteiger partial charge is 0.252 e. The molecule has 0 aliphatic rings. The summed E-state index contributed by atoms with van der Waals surface area (Å²) in [5.41, 5.74) is 0.424. The van der Waals surface area contributed by atoms with Gasteiger partial charge in [-0.15, -0.1) is 0 Å². The van der Waals surface area contributed by atoms with Gasteiger partial charge in [-0.3, -0.25) is 4.68 Å². The van der Waals surface area contributed by atoms with Gasteiger partial charge in [0.2, 0.25) is 0 Å². The first-order valence-corrected chi connectivity index (χ1v) is 7.68. The molecule has 0 aliphatic heterocycles. The Hall–Kier alpha value is -0.260. The Morgan fingerprint density at radius 1 is 1.44 bits per heavy atom. The molecule has 1 heterocycles. The largest absolute Gasteiger partial charge is 0.266 e. The summed E-state index contributed by atoms with van der Waals surface area (Å²) in [5, 5.41) is 4.28. The average molecular weight is 285 g/mol. The molecular formula is C9H14Cl2N2O2S. The van der Waals surface area contributed by atoms with Crippen molar-refractivity contribution in [2.45, 2.75) is 44.6 Å². The molecule has 0 saturated heterocycles. The number of hydrogen-bond donors (Lipinski definition) is 0. The van der Waals surface area contributed by atoms with E-state index in [2.05, 4.69) is 5.10 Å². The van der Waals surface area contributed by atoms with Crippen LogP contribution in [0.1, 0.15) is 38.8 Å². The molecule has 1 rings (SSSR count). The summed E-state index contributed by atoms with van der Waals surface area (Å²) in [6.07, 6.45) is 0.820. The van der Waals surface area contributed by atoms with E-state index in [9.17, 15) is 8.42 Å². The van der Waals surface area contributed by atoms with Crippen LogP contribution in [0.4, 0.5) is 0 Å². The molecule has 16 heavy (non-hydrogen) atoms. The van der Waals surface area contributed by atoms with Crippen molar-refractivity contribution in [2.75, 3.05) is 0 Å². The Balaban J connectivity index is 3.44. The van der Waals surface area contributed by atoms with Crippen LogP contribution in [0.2, 0.25) is 5.15 Å². The first-order chi connectivity index (χ1) is 7.29. The number of rotatable bonds is 4. The van der Waals surface area contributed by atoms with E-state index in [4.69, 9.17) is 22.3 Å². The van der Waals surface area contributed by atoms with Gasteiger partial charge in [-0.05, 0) is 12.3 Å². The van der Waals surface area contributed by atoms with Gasteiger partial charge in [0.25, 0.3) is 9.05 Å². The van der Waals surface area contributed by atoms with E-state index in [1.54, 1.807) is 0 Å². The highest BCUT2D eigenvalue weighted by Gasteiger charge is 2.27. The summed E-state index contributed by atoms with van der Waals surface area (Å²) >= 11 is 5.97. The van der Waals surface area contributed by atoms with Crippen LogP contribution in [0.15, 0.2) is 4.90 Å². The molecule has 92 valence electrons. The lowest BCUT2D eigenvalue weighted by Gasteiger charge is -2.01. The Labute approximate surface area is 105 Å². The number of aromatic nitrogens is 2. The van der Waals surface area contributed by atoms with E-state index >= 15 is 0 Å². The summed E-state index contributed by atoms with van der Waals surface area (Å²) in [6.45, 7) is 6.23. The Morgan fingerprint density at radius 3 is 2.31 bits per heavy atom. The molecule has 0 N–H and O–H groups in total. The van der Waals surface area contributed by atoms with Crippen LogP contribution < -0.4 is 0 Å². The number of halogens is 2. The first-order valence-electron chi connectivity index (χ1n) is 4.99. The quantitative estimate of drug-likeness (QED) is 0.799. The maximum absolute atomic E-state index is 11.4. The van der Waals surface area contributed by atoms with Gasteiger partial charge in [0.05, 0.1) is 5.69 Å². The molecule has 0 amide bonds. The van der Waals surface area contributed by atoms with Crippen molar-refractivity contribution in [3.63, 3.8) is 0 Å². The fourth-order valence-electron chi connectivity index (χ4n) is 1.41. The molecule has 4 nitrogen and oxygen atoms in total. The van der Waals surface area contributed by atoms with Crippen LogP contribution in [-0.4, -0.2) is 18.2 Å². The zero-order chi connectivity index (χ0) is 12.5. The number of hydrogen-bond acceptors (Lipinski definition) is 3. The van der Waals surface area contributed by atoms with E-state index in [0.29, 0.717) is 12.2 Å². The van der Waals surface area contributed by atoms with E-state index in [1.165, 1.54) is 4.68 Å². The van der Waals surface area contributed by atoms with Crippen LogP contribution in [0.25, 0.3) is 0 Å². The van der Waals surface area contributed by atoms with Crippen LogP contribution in [-0.2, 0) is 15.6 Å². The summed E-state index contributed by atoms with van der Waals surface area (Å²) in [7, 11) is 1.51. The van der Waals surface area contributed by atoms with Crippen LogP contribution in [0, 0.1) is 0 Å². The Kier molecular flexibility index (Phi) is 4.26. The van der Waals surface area contributed by atoms with Crippen molar-refractivity contribution in [1.29, 1.82) is 0 Å². The van der Waals surface area contributed by atoms with Crippen molar-refractivity contribution in [3.05, 3.63) is 10.8 Å². The molecular weight excluding hydrogens is 271 g/mol. The van der Waals surface area contributed by atoms with E-state index in [-0.39, 0.29) is 16.0 Å². The monoisotopic (exact) mass is 284 g/mol. The van der Waals surface area contributed by atoms with E-state index in [0.717, 1.165) is 6.42 Å². The van der Waals surface area contributed by atoms with Crippen molar-refractivity contribution >= 4 is 31.3 Å².